The van der Waals surface area contributed by atoms with Crippen LogP contribution in [0.25, 0.3) is 0 Å². The molecule has 0 N–H and O–H groups in total. The van der Waals surface area contributed by atoms with Gasteiger partial charge in [-0.1, -0.05) is 11.9 Å². The molecule has 2 aliphatic rings. The molecule has 1 aromatic rings. The third-order valence-corrected chi connectivity index (χ3v) is 6.43. The van der Waals surface area contributed by atoms with Crippen molar-refractivity contribution in [2.75, 3.05) is 57.5 Å². The number of ether oxygens (including phenoxy) is 1. The van der Waals surface area contributed by atoms with Gasteiger partial charge in [-0.25, -0.2) is 4.31 Å². The molecule has 0 saturated carbocycles. The topological polar surface area (TPSA) is 62.1 Å². The summed E-state index contributed by atoms with van der Waals surface area (Å²) in [6.45, 7) is 8.48. The Hall–Kier alpha value is -1.51. The lowest BCUT2D eigenvalue weighted by atomic mass is 10.0. The molecule has 2 aliphatic heterocycles. The van der Waals surface area contributed by atoms with E-state index in [0.717, 1.165) is 63.4 Å². The number of nitro groups is 1. The number of piperidine rings is 1. The van der Waals surface area contributed by atoms with Gasteiger partial charge in [-0.15, -0.1) is 0 Å². The van der Waals surface area contributed by atoms with E-state index >= 15 is 0 Å². The molecule has 0 unspecified atom stereocenters. The molecule has 144 valence electrons. The predicted molar refractivity (Wildman–Crippen MR) is 106 cm³/mol. The van der Waals surface area contributed by atoms with Crippen LogP contribution in [-0.4, -0.2) is 72.8 Å². The summed E-state index contributed by atoms with van der Waals surface area (Å²) < 4.78 is 7.68. The normalized spacial score (nSPS) is 20.3. The highest BCUT2D eigenvalue weighted by atomic mass is 32.2. The zero-order valence-corrected chi connectivity index (χ0v) is 16.6. The van der Waals surface area contributed by atoms with Crippen molar-refractivity contribution in [2.45, 2.75) is 25.8 Å². The van der Waals surface area contributed by atoms with Crippen molar-refractivity contribution in [1.82, 2.24) is 9.21 Å². The van der Waals surface area contributed by atoms with Crippen molar-refractivity contribution in [3.8, 4) is 5.75 Å². The number of hydrogen-bond acceptors (Lipinski definition) is 7. The van der Waals surface area contributed by atoms with Gasteiger partial charge in [0.1, 0.15) is 0 Å². The van der Waals surface area contributed by atoms with E-state index in [4.69, 9.17) is 4.74 Å². The summed E-state index contributed by atoms with van der Waals surface area (Å²) in [6, 6.07) is 4.10. The summed E-state index contributed by atoms with van der Waals surface area (Å²) in [4.78, 5) is 15.8. The smallest absolute Gasteiger partial charge is 0.311 e. The first-order valence-corrected chi connectivity index (χ1v) is 10.3. The molecule has 0 aliphatic carbocycles. The van der Waals surface area contributed by atoms with Crippen molar-refractivity contribution in [1.29, 1.82) is 0 Å². The molecule has 0 radical (unpaired) electrons. The third kappa shape index (κ3) is 4.07. The van der Waals surface area contributed by atoms with E-state index in [9.17, 15) is 10.1 Å². The molecule has 2 fully saturated rings. The van der Waals surface area contributed by atoms with Crippen LogP contribution in [0.5, 0.6) is 5.75 Å². The van der Waals surface area contributed by atoms with E-state index in [-0.39, 0.29) is 10.6 Å². The number of nitro benzene ring substituents is 1. The predicted octanol–water partition coefficient (Wildman–Crippen LogP) is 2.78. The van der Waals surface area contributed by atoms with Crippen LogP contribution in [0.3, 0.4) is 0 Å². The Bertz CT molecular complexity index is 642. The monoisotopic (exact) mass is 380 g/mol. The number of nitrogens with zero attached hydrogens (tertiary/aromatic N) is 4. The van der Waals surface area contributed by atoms with Gasteiger partial charge in [-0.2, -0.15) is 0 Å². The highest BCUT2D eigenvalue weighted by Crippen LogP contribution is 2.36. The van der Waals surface area contributed by atoms with E-state index in [1.54, 1.807) is 6.07 Å². The number of benzene rings is 1. The Balaban J connectivity index is 1.64. The molecule has 0 aromatic heterocycles. The third-order valence-electron chi connectivity index (χ3n) is 5.55. The molecule has 1 aromatic carbocycles. The molecule has 26 heavy (non-hydrogen) atoms. The van der Waals surface area contributed by atoms with E-state index < -0.39 is 0 Å². The van der Waals surface area contributed by atoms with E-state index in [2.05, 4.69) is 20.4 Å². The Kier molecular flexibility index (Phi) is 6.26. The standard InChI is InChI=1S/C18H28N4O3S/c1-14-12-17(22(23)24)18(25-2)13-16(14)20-6-4-15(5-7-20)19-8-10-21(26-3)11-9-19/h12-13,15H,4-11H2,1-3H3. The van der Waals surface area contributed by atoms with Crippen LogP contribution in [0.2, 0.25) is 0 Å². The van der Waals surface area contributed by atoms with Crippen LogP contribution in [0.15, 0.2) is 12.1 Å². The van der Waals surface area contributed by atoms with Gasteiger partial charge in [0, 0.05) is 63.1 Å². The fourth-order valence-corrected chi connectivity index (χ4v) is 4.56. The fraction of sp³-hybridized carbons (Fsp3) is 0.667. The number of piperazine rings is 1. The lowest BCUT2D eigenvalue weighted by molar-refractivity contribution is -0.385. The number of methoxy groups -OCH3 is 1. The highest BCUT2D eigenvalue weighted by molar-refractivity contribution is 7.96. The zero-order valence-electron chi connectivity index (χ0n) is 15.8. The van der Waals surface area contributed by atoms with Gasteiger partial charge in [-0.05, 0) is 31.6 Å². The summed E-state index contributed by atoms with van der Waals surface area (Å²) >= 11 is 1.84. The first kappa shape index (κ1) is 19.3. The quantitative estimate of drug-likeness (QED) is 0.442. The van der Waals surface area contributed by atoms with Crippen molar-refractivity contribution in [2.24, 2.45) is 0 Å². The second-order valence-electron chi connectivity index (χ2n) is 6.93. The lowest BCUT2D eigenvalue weighted by Crippen LogP contribution is -2.51. The summed E-state index contributed by atoms with van der Waals surface area (Å²) in [5, 5.41) is 11.2. The van der Waals surface area contributed by atoms with Crippen molar-refractivity contribution in [3.63, 3.8) is 0 Å². The van der Waals surface area contributed by atoms with Gasteiger partial charge < -0.3 is 9.64 Å². The van der Waals surface area contributed by atoms with Crippen LogP contribution < -0.4 is 9.64 Å². The maximum atomic E-state index is 11.2. The molecule has 0 atom stereocenters. The SMILES string of the molecule is COc1cc(N2CCC(N3CCN(SC)CC3)CC2)c(C)cc1[N+](=O)[O-]. The van der Waals surface area contributed by atoms with Gasteiger partial charge in [0.05, 0.1) is 12.0 Å². The maximum absolute atomic E-state index is 11.2. The Morgan fingerprint density at radius 2 is 1.81 bits per heavy atom. The Morgan fingerprint density at radius 3 is 2.35 bits per heavy atom. The molecule has 8 heteroatoms. The largest absolute Gasteiger partial charge is 0.490 e. The number of rotatable bonds is 5. The molecule has 2 saturated heterocycles. The summed E-state index contributed by atoms with van der Waals surface area (Å²) in [7, 11) is 1.49. The molecular weight excluding hydrogens is 352 g/mol. The van der Waals surface area contributed by atoms with Gasteiger partial charge >= 0.3 is 5.69 Å². The average Bonchev–Trinajstić information content (AvgIpc) is 2.68. The highest BCUT2D eigenvalue weighted by Gasteiger charge is 2.29. The lowest BCUT2D eigenvalue weighted by Gasteiger charge is -2.43. The maximum Gasteiger partial charge on any atom is 0.311 e. The molecule has 2 heterocycles. The van der Waals surface area contributed by atoms with Crippen molar-refractivity contribution in [3.05, 3.63) is 27.8 Å². The van der Waals surface area contributed by atoms with E-state index in [1.165, 1.54) is 7.11 Å². The summed E-state index contributed by atoms with van der Waals surface area (Å²) in [5.41, 5.74) is 2.03. The number of anilines is 1. The number of aryl methyl sites for hydroxylation is 1. The minimum Gasteiger partial charge on any atom is -0.490 e. The van der Waals surface area contributed by atoms with Crippen LogP contribution in [-0.2, 0) is 0 Å². The van der Waals surface area contributed by atoms with E-state index in [0.29, 0.717) is 11.8 Å². The van der Waals surface area contributed by atoms with Gasteiger partial charge in [0.15, 0.2) is 5.75 Å². The minimum absolute atomic E-state index is 0.0373. The van der Waals surface area contributed by atoms with Gasteiger partial charge in [0.25, 0.3) is 0 Å². The Labute approximate surface area is 159 Å². The van der Waals surface area contributed by atoms with Crippen molar-refractivity contribution >= 4 is 23.3 Å². The fourth-order valence-electron chi connectivity index (χ4n) is 4.03. The summed E-state index contributed by atoms with van der Waals surface area (Å²) in [5.74, 6) is 0.339. The molecule has 0 amide bonds. The summed E-state index contributed by atoms with van der Waals surface area (Å²) in [6.07, 6.45) is 4.42. The number of hydrogen-bond donors (Lipinski definition) is 0. The van der Waals surface area contributed by atoms with Crippen LogP contribution in [0.1, 0.15) is 18.4 Å². The molecular formula is C18H28N4O3S. The van der Waals surface area contributed by atoms with E-state index in [1.807, 2.05) is 24.9 Å². The minimum atomic E-state index is -0.379. The Morgan fingerprint density at radius 1 is 1.15 bits per heavy atom. The molecule has 3 rings (SSSR count). The first-order chi connectivity index (χ1) is 12.5. The zero-order chi connectivity index (χ0) is 18.7. The first-order valence-electron chi connectivity index (χ1n) is 9.14. The van der Waals surface area contributed by atoms with Crippen LogP contribution in [0, 0.1) is 17.0 Å². The van der Waals surface area contributed by atoms with Gasteiger partial charge in [0.2, 0.25) is 0 Å². The van der Waals surface area contributed by atoms with Crippen molar-refractivity contribution < 1.29 is 9.66 Å². The average molecular weight is 381 g/mol. The molecule has 7 nitrogen and oxygen atoms in total. The van der Waals surface area contributed by atoms with Gasteiger partial charge in [-0.3, -0.25) is 15.0 Å². The van der Waals surface area contributed by atoms with Crippen LogP contribution >= 0.6 is 11.9 Å². The molecule has 0 bridgehead atoms. The second kappa shape index (κ2) is 8.45. The molecule has 0 spiro atoms. The second-order valence-corrected chi connectivity index (χ2v) is 7.81. The van der Waals surface area contributed by atoms with Crippen LogP contribution in [0.4, 0.5) is 11.4 Å².